The van der Waals surface area contributed by atoms with Gasteiger partial charge in [-0.25, -0.2) is 0 Å². The van der Waals surface area contributed by atoms with E-state index in [1.54, 1.807) is 13.2 Å². The van der Waals surface area contributed by atoms with Crippen molar-refractivity contribution in [2.75, 3.05) is 46.9 Å². The smallest absolute Gasteiger partial charge is 0.246 e. The van der Waals surface area contributed by atoms with Crippen LogP contribution in [0.4, 0.5) is 0 Å². The predicted octanol–water partition coefficient (Wildman–Crippen LogP) is 1.88. The molecule has 0 bridgehead atoms. The van der Waals surface area contributed by atoms with Crippen molar-refractivity contribution in [2.24, 2.45) is 0 Å². The monoisotopic (exact) mass is 304 g/mol. The van der Waals surface area contributed by atoms with Gasteiger partial charge in [0.25, 0.3) is 0 Å². The van der Waals surface area contributed by atoms with Crippen LogP contribution in [-0.4, -0.2) is 62.7 Å². The normalized spacial score (nSPS) is 16.0. The maximum absolute atomic E-state index is 12.2. The fraction of sp³-hybridized carbons (Fsp3) is 0.471. The van der Waals surface area contributed by atoms with Crippen LogP contribution in [0.15, 0.2) is 24.3 Å². The Kier molecular flexibility index (Phi) is 5.83. The van der Waals surface area contributed by atoms with Gasteiger partial charge in [-0.1, -0.05) is 6.07 Å². The standard InChI is InChI=1S/C17H24N2O3/c1-4-22-15-7-5-14(13-16(15)21-3)6-8-17(20)19-11-9-18(2)10-12-19/h5-8,13H,4,9-12H2,1-3H3. The van der Waals surface area contributed by atoms with Gasteiger partial charge < -0.3 is 19.3 Å². The number of amides is 1. The van der Waals surface area contributed by atoms with E-state index in [1.165, 1.54) is 0 Å². The number of nitrogens with zero attached hydrogens (tertiary/aromatic N) is 2. The number of hydrogen-bond acceptors (Lipinski definition) is 4. The van der Waals surface area contributed by atoms with E-state index in [4.69, 9.17) is 9.47 Å². The van der Waals surface area contributed by atoms with Gasteiger partial charge in [0.2, 0.25) is 5.91 Å². The molecule has 1 amide bonds. The van der Waals surface area contributed by atoms with Gasteiger partial charge in [0.1, 0.15) is 0 Å². The fourth-order valence-corrected chi connectivity index (χ4v) is 2.36. The molecule has 1 aliphatic heterocycles. The predicted molar refractivity (Wildman–Crippen MR) is 87.3 cm³/mol. The van der Waals surface area contributed by atoms with E-state index in [2.05, 4.69) is 11.9 Å². The molecule has 22 heavy (non-hydrogen) atoms. The summed E-state index contributed by atoms with van der Waals surface area (Å²) in [4.78, 5) is 16.3. The second-order valence-electron chi connectivity index (χ2n) is 5.31. The van der Waals surface area contributed by atoms with Crippen LogP contribution >= 0.6 is 0 Å². The molecule has 2 rings (SSSR count). The maximum Gasteiger partial charge on any atom is 0.246 e. The van der Waals surface area contributed by atoms with Crippen LogP contribution in [0.25, 0.3) is 6.08 Å². The summed E-state index contributed by atoms with van der Waals surface area (Å²) in [5, 5.41) is 0. The van der Waals surface area contributed by atoms with Crippen molar-refractivity contribution in [2.45, 2.75) is 6.92 Å². The molecule has 0 aromatic heterocycles. The van der Waals surface area contributed by atoms with Gasteiger partial charge in [-0.2, -0.15) is 0 Å². The van der Waals surface area contributed by atoms with Gasteiger partial charge in [0, 0.05) is 32.3 Å². The Morgan fingerprint density at radius 1 is 1.23 bits per heavy atom. The maximum atomic E-state index is 12.2. The van der Waals surface area contributed by atoms with E-state index < -0.39 is 0 Å². The van der Waals surface area contributed by atoms with Crippen molar-refractivity contribution in [1.82, 2.24) is 9.80 Å². The van der Waals surface area contributed by atoms with E-state index in [0.29, 0.717) is 18.1 Å². The zero-order valence-corrected chi connectivity index (χ0v) is 13.5. The molecule has 1 saturated heterocycles. The van der Waals surface area contributed by atoms with Gasteiger partial charge in [0.15, 0.2) is 11.5 Å². The second-order valence-corrected chi connectivity index (χ2v) is 5.31. The quantitative estimate of drug-likeness (QED) is 0.779. The molecule has 1 fully saturated rings. The van der Waals surface area contributed by atoms with Gasteiger partial charge in [-0.05, 0) is 37.7 Å². The Hall–Kier alpha value is -2.01. The Morgan fingerprint density at radius 3 is 2.59 bits per heavy atom. The zero-order valence-electron chi connectivity index (χ0n) is 13.5. The van der Waals surface area contributed by atoms with Crippen LogP contribution < -0.4 is 9.47 Å². The van der Waals surface area contributed by atoms with E-state index >= 15 is 0 Å². The Morgan fingerprint density at radius 2 is 1.95 bits per heavy atom. The number of rotatable bonds is 5. The first-order valence-corrected chi connectivity index (χ1v) is 7.60. The van der Waals surface area contributed by atoms with E-state index in [1.807, 2.05) is 36.1 Å². The number of ether oxygens (including phenoxy) is 2. The molecular weight excluding hydrogens is 280 g/mol. The van der Waals surface area contributed by atoms with Crippen LogP contribution in [0.3, 0.4) is 0 Å². The highest BCUT2D eigenvalue weighted by Gasteiger charge is 2.16. The highest BCUT2D eigenvalue weighted by Crippen LogP contribution is 2.28. The molecule has 0 N–H and O–H groups in total. The topological polar surface area (TPSA) is 42.0 Å². The SMILES string of the molecule is CCOc1ccc(C=CC(=O)N2CCN(C)CC2)cc1OC. The summed E-state index contributed by atoms with van der Waals surface area (Å²) in [6.07, 6.45) is 3.44. The third-order valence-electron chi connectivity index (χ3n) is 3.72. The summed E-state index contributed by atoms with van der Waals surface area (Å²) >= 11 is 0. The van der Waals surface area contributed by atoms with E-state index in [0.717, 1.165) is 31.7 Å². The lowest BCUT2D eigenvalue weighted by atomic mass is 10.2. The number of piperazine rings is 1. The summed E-state index contributed by atoms with van der Waals surface area (Å²) in [5.74, 6) is 1.45. The number of methoxy groups -OCH3 is 1. The third-order valence-corrected chi connectivity index (χ3v) is 3.72. The van der Waals surface area contributed by atoms with Crippen molar-refractivity contribution in [3.63, 3.8) is 0 Å². The van der Waals surface area contributed by atoms with Crippen molar-refractivity contribution >= 4 is 12.0 Å². The lowest BCUT2D eigenvalue weighted by Gasteiger charge is -2.31. The summed E-state index contributed by atoms with van der Waals surface area (Å²) in [6.45, 7) is 5.95. The molecule has 0 radical (unpaired) electrons. The first-order valence-electron chi connectivity index (χ1n) is 7.60. The Bertz CT molecular complexity index is 535. The molecule has 1 aliphatic rings. The summed E-state index contributed by atoms with van der Waals surface area (Å²) < 4.78 is 10.8. The Labute approximate surface area is 132 Å². The lowest BCUT2D eigenvalue weighted by molar-refractivity contribution is -0.127. The van der Waals surface area contributed by atoms with Gasteiger partial charge in [-0.15, -0.1) is 0 Å². The minimum Gasteiger partial charge on any atom is -0.493 e. The summed E-state index contributed by atoms with van der Waals surface area (Å²) in [5.41, 5.74) is 0.919. The minimum absolute atomic E-state index is 0.0564. The van der Waals surface area contributed by atoms with Crippen LogP contribution in [0.1, 0.15) is 12.5 Å². The molecule has 0 atom stereocenters. The third kappa shape index (κ3) is 4.24. The average Bonchev–Trinajstić information content (AvgIpc) is 2.54. The largest absolute Gasteiger partial charge is 0.493 e. The zero-order chi connectivity index (χ0) is 15.9. The second kappa shape index (κ2) is 7.84. The van der Waals surface area contributed by atoms with Gasteiger partial charge in [-0.3, -0.25) is 4.79 Å². The fourth-order valence-electron chi connectivity index (χ4n) is 2.36. The first-order chi connectivity index (χ1) is 10.6. The van der Waals surface area contributed by atoms with Crippen molar-refractivity contribution in [1.29, 1.82) is 0 Å². The molecule has 1 heterocycles. The van der Waals surface area contributed by atoms with Gasteiger partial charge in [0.05, 0.1) is 13.7 Å². The number of benzene rings is 1. The highest BCUT2D eigenvalue weighted by atomic mass is 16.5. The number of carbonyl (C=O) groups excluding carboxylic acids is 1. The van der Waals surface area contributed by atoms with Crippen LogP contribution in [0, 0.1) is 0 Å². The van der Waals surface area contributed by atoms with Crippen molar-refractivity contribution < 1.29 is 14.3 Å². The lowest BCUT2D eigenvalue weighted by Crippen LogP contribution is -2.46. The van der Waals surface area contributed by atoms with Crippen LogP contribution in [0.5, 0.6) is 11.5 Å². The molecule has 0 aliphatic carbocycles. The van der Waals surface area contributed by atoms with E-state index in [-0.39, 0.29) is 5.91 Å². The number of likely N-dealkylation sites (N-methyl/N-ethyl adjacent to an activating group) is 1. The summed E-state index contributed by atoms with van der Waals surface area (Å²) in [7, 11) is 3.69. The van der Waals surface area contributed by atoms with Crippen molar-refractivity contribution in [3.8, 4) is 11.5 Å². The molecule has 5 nitrogen and oxygen atoms in total. The van der Waals surface area contributed by atoms with Crippen LogP contribution in [0.2, 0.25) is 0 Å². The molecule has 0 spiro atoms. The molecule has 5 heteroatoms. The van der Waals surface area contributed by atoms with Gasteiger partial charge >= 0.3 is 0 Å². The Balaban J connectivity index is 2.01. The van der Waals surface area contributed by atoms with E-state index in [9.17, 15) is 4.79 Å². The first kappa shape index (κ1) is 16.4. The molecule has 120 valence electrons. The number of hydrogen-bond donors (Lipinski definition) is 0. The number of carbonyl (C=O) groups is 1. The van der Waals surface area contributed by atoms with Crippen LogP contribution in [-0.2, 0) is 4.79 Å². The minimum atomic E-state index is 0.0564. The molecular formula is C17H24N2O3. The van der Waals surface area contributed by atoms with Crippen molar-refractivity contribution in [3.05, 3.63) is 29.8 Å². The molecule has 0 saturated carbocycles. The average molecular weight is 304 g/mol. The molecule has 1 aromatic carbocycles. The highest BCUT2D eigenvalue weighted by molar-refractivity contribution is 5.92. The molecule has 0 unspecified atom stereocenters. The summed E-state index contributed by atoms with van der Waals surface area (Å²) in [6, 6.07) is 5.66. The molecule has 1 aromatic rings.